The van der Waals surface area contributed by atoms with E-state index in [0.717, 1.165) is 57.2 Å². The molecule has 2 heterocycles. The highest BCUT2D eigenvalue weighted by Gasteiger charge is 2.45. The molecule has 2 saturated heterocycles. The molecule has 8 heteroatoms. The molecule has 1 aromatic rings. The first-order valence-electron chi connectivity index (χ1n) is 10.8. The third kappa shape index (κ3) is 5.17. The zero-order valence-corrected chi connectivity index (χ0v) is 18.0. The van der Waals surface area contributed by atoms with E-state index in [4.69, 9.17) is 5.21 Å². The number of nitrogens with zero attached hydrogens (tertiary/aromatic N) is 2. The number of benzene rings is 1. The van der Waals surface area contributed by atoms with Crippen molar-refractivity contribution in [3.8, 4) is 0 Å². The lowest BCUT2D eigenvalue weighted by atomic mass is 10.1. The van der Waals surface area contributed by atoms with Gasteiger partial charge in [-0.05, 0) is 62.9 Å². The Bertz CT molecular complexity index is 776. The number of rotatable bonds is 8. The second-order valence-electron chi connectivity index (χ2n) is 8.15. The summed E-state index contributed by atoms with van der Waals surface area (Å²) in [5, 5.41) is 9.15. The van der Waals surface area contributed by atoms with E-state index in [9.17, 15) is 13.2 Å². The Morgan fingerprint density at radius 1 is 1.14 bits per heavy atom. The smallest absolute Gasteiger partial charge is 0.261 e. The average molecular weight is 424 g/mol. The Kier molecular flexibility index (Phi) is 7.67. The van der Waals surface area contributed by atoms with Gasteiger partial charge in [-0.15, -0.1) is 0 Å². The Hall–Kier alpha value is -1.48. The lowest BCUT2D eigenvalue weighted by Gasteiger charge is -2.32. The van der Waals surface area contributed by atoms with Gasteiger partial charge in [-0.1, -0.05) is 38.3 Å². The van der Waals surface area contributed by atoms with E-state index in [2.05, 4.69) is 11.8 Å². The molecular formula is C21H33N3O4S. The highest BCUT2D eigenvalue weighted by Crippen LogP contribution is 2.30. The largest absolute Gasteiger partial charge is 0.299 e. The lowest BCUT2D eigenvalue weighted by Crippen LogP contribution is -2.45. The predicted octanol–water partition coefficient (Wildman–Crippen LogP) is 2.54. The van der Waals surface area contributed by atoms with Gasteiger partial charge in [0, 0.05) is 12.6 Å². The van der Waals surface area contributed by atoms with E-state index in [1.165, 1.54) is 10.7 Å². The number of carbonyl (C=O) groups excluding carboxylic acids is 1. The quantitative estimate of drug-likeness (QED) is 0.381. The summed E-state index contributed by atoms with van der Waals surface area (Å²) in [6.45, 7) is 4.29. The Morgan fingerprint density at radius 3 is 2.45 bits per heavy atom. The number of piperidine rings is 1. The van der Waals surface area contributed by atoms with E-state index in [0.29, 0.717) is 6.42 Å². The first-order valence-corrected chi connectivity index (χ1v) is 12.2. The van der Waals surface area contributed by atoms with Crippen LogP contribution in [0, 0.1) is 0 Å². The molecule has 2 aliphatic heterocycles. The number of amides is 1. The maximum Gasteiger partial charge on any atom is 0.261 e. The van der Waals surface area contributed by atoms with Crippen molar-refractivity contribution in [1.29, 1.82) is 0 Å². The van der Waals surface area contributed by atoms with Crippen LogP contribution >= 0.6 is 0 Å². The van der Waals surface area contributed by atoms with Crippen molar-refractivity contribution in [3.05, 3.63) is 29.8 Å². The molecule has 2 N–H and O–H groups in total. The van der Waals surface area contributed by atoms with E-state index < -0.39 is 22.0 Å². The first kappa shape index (κ1) is 22.2. The summed E-state index contributed by atoms with van der Waals surface area (Å²) in [5.74, 6) is -0.663. The van der Waals surface area contributed by atoms with Crippen LogP contribution in [0.15, 0.2) is 29.2 Å². The molecule has 0 radical (unpaired) electrons. The summed E-state index contributed by atoms with van der Waals surface area (Å²) in [6.07, 6.45) is 8.11. The van der Waals surface area contributed by atoms with Gasteiger partial charge in [-0.25, -0.2) is 13.9 Å². The maximum absolute atomic E-state index is 13.3. The minimum Gasteiger partial charge on any atom is -0.299 e. The normalized spacial score (nSPS) is 23.9. The van der Waals surface area contributed by atoms with Crippen molar-refractivity contribution in [3.63, 3.8) is 0 Å². The van der Waals surface area contributed by atoms with Crippen LogP contribution in [0.5, 0.6) is 0 Å². The van der Waals surface area contributed by atoms with E-state index in [1.54, 1.807) is 17.6 Å². The van der Waals surface area contributed by atoms with E-state index >= 15 is 0 Å². The van der Waals surface area contributed by atoms with Gasteiger partial charge in [0.1, 0.15) is 6.04 Å². The fourth-order valence-electron chi connectivity index (χ4n) is 4.45. The first-order chi connectivity index (χ1) is 14.0. The van der Waals surface area contributed by atoms with Crippen LogP contribution in [-0.2, 0) is 21.2 Å². The van der Waals surface area contributed by atoms with Crippen LogP contribution in [0.4, 0.5) is 0 Å². The van der Waals surface area contributed by atoms with Crippen LogP contribution < -0.4 is 5.48 Å². The van der Waals surface area contributed by atoms with Crippen molar-refractivity contribution in [2.45, 2.75) is 75.3 Å². The van der Waals surface area contributed by atoms with Crippen molar-refractivity contribution in [2.75, 3.05) is 19.6 Å². The fourth-order valence-corrected chi connectivity index (χ4v) is 6.09. The van der Waals surface area contributed by atoms with Crippen molar-refractivity contribution in [2.24, 2.45) is 0 Å². The number of nitrogens with one attached hydrogen (secondary N) is 1. The van der Waals surface area contributed by atoms with Crippen LogP contribution in [0.2, 0.25) is 0 Å². The van der Waals surface area contributed by atoms with E-state index in [-0.39, 0.29) is 17.5 Å². The Morgan fingerprint density at radius 2 is 1.83 bits per heavy atom. The second-order valence-corrected chi connectivity index (χ2v) is 10.0. The summed E-state index contributed by atoms with van der Waals surface area (Å²) in [6, 6.07) is 6.11. The van der Waals surface area contributed by atoms with Gasteiger partial charge < -0.3 is 0 Å². The molecule has 1 amide bonds. The molecule has 162 valence electrons. The molecule has 0 bridgehead atoms. The monoisotopic (exact) mass is 423 g/mol. The van der Waals surface area contributed by atoms with E-state index in [1.807, 2.05) is 12.1 Å². The number of sulfonamides is 1. The number of unbranched alkanes of at least 4 members (excludes halogenated alkanes) is 2. The van der Waals surface area contributed by atoms with Gasteiger partial charge in [0.15, 0.2) is 0 Å². The molecule has 0 spiro atoms. The molecule has 1 aromatic carbocycles. The van der Waals surface area contributed by atoms with Gasteiger partial charge >= 0.3 is 0 Å². The van der Waals surface area contributed by atoms with Crippen LogP contribution in [0.25, 0.3) is 0 Å². The molecule has 3 rings (SSSR count). The summed E-state index contributed by atoms with van der Waals surface area (Å²) in [7, 11) is -3.82. The number of likely N-dealkylation sites (tertiary alicyclic amines) is 1. The Balaban J connectivity index is 1.78. The Labute approximate surface area is 174 Å². The molecule has 0 aliphatic carbocycles. The SMILES string of the molecule is CCCCCc1ccc(S(=O)(=O)N2C[C@@H](N3CCCCC3)C[C@@H]2C(=O)NO)cc1. The molecule has 2 atom stereocenters. The standard InChI is InChI=1S/C21H33N3O4S/c1-2-3-5-8-17-9-11-19(12-10-17)29(27,28)24-16-18(15-20(24)21(25)22-26)23-13-6-4-7-14-23/h9-12,18,20,26H,2-8,13-16H2,1H3,(H,22,25)/t18-,20+/m0/s1. The summed E-state index contributed by atoms with van der Waals surface area (Å²) < 4.78 is 27.9. The van der Waals surface area contributed by atoms with Crippen molar-refractivity contribution < 1.29 is 18.4 Å². The summed E-state index contributed by atoms with van der Waals surface area (Å²) in [4.78, 5) is 14.7. The molecule has 0 saturated carbocycles. The third-order valence-electron chi connectivity index (χ3n) is 6.15. The highest BCUT2D eigenvalue weighted by atomic mass is 32.2. The minimum atomic E-state index is -3.82. The molecule has 0 unspecified atom stereocenters. The highest BCUT2D eigenvalue weighted by molar-refractivity contribution is 7.89. The van der Waals surface area contributed by atoms with Crippen molar-refractivity contribution >= 4 is 15.9 Å². The third-order valence-corrected chi connectivity index (χ3v) is 8.04. The molecule has 29 heavy (non-hydrogen) atoms. The molecule has 2 aliphatic rings. The zero-order valence-electron chi connectivity index (χ0n) is 17.2. The van der Waals surface area contributed by atoms with Crippen LogP contribution in [0.3, 0.4) is 0 Å². The summed E-state index contributed by atoms with van der Waals surface area (Å²) >= 11 is 0. The van der Waals surface area contributed by atoms with Gasteiger partial charge in [0.05, 0.1) is 4.90 Å². The molecule has 7 nitrogen and oxygen atoms in total. The predicted molar refractivity (Wildman–Crippen MR) is 111 cm³/mol. The molecular weight excluding hydrogens is 390 g/mol. The maximum atomic E-state index is 13.3. The lowest BCUT2D eigenvalue weighted by molar-refractivity contribution is -0.132. The number of aryl methyl sites for hydroxylation is 1. The van der Waals surface area contributed by atoms with Crippen molar-refractivity contribution in [1.82, 2.24) is 14.7 Å². The molecule has 0 aromatic heterocycles. The van der Waals surface area contributed by atoms with Crippen LogP contribution in [-0.4, -0.2) is 60.5 Å². The number of hydroxylamine groups is 1. The number of carbonyl (C=O) groups is 1. The van der Waals surface area contributed by atoms with Crippen LogP contribution in [0.1, 0.15) is 57.4 Å². The number of hydrogen-bond acceptors (Lipinski definition) is 5. The second kappa shape index (κ2) is 10.0. The van der Waals surface area contributed by atoms with Gasteiger partial charge in [0.2, 0.25) is 10.0 Å². The van der Waals surface area contributed by atoms with Gasteiger partial charge in [0.25, 0.3) is 5.91 Å². The molecule has 2 fully saturated rings. The topological polar surface area (TPSA) is 90.0 Å². The average Bonchev–Trinajstić information content (AvgIpc) is 3.21. The fraction of sp³-hybridized carbons (Fsp3) is 0.667. The van der Waals surface area contributed by atoms with Gasteiger partial charge in [-0.3, -0.25) is 14.9 Å². The zero-order chi connectivity index (χ0) is 20.9. The number of hydrogen-bond donors (Lipinski definition) is 2. The minimum absolute atomic E-state index is 0.000641. The summed E-state index contributed by atoms with van der Waals surface area (Å²) in [5.41, 5.74) is 2.78. The van der Waals surface area contributed by atoms with Gasteiger partial charge in [-0.2, -0.15) is 4.31 Å².